The Balaban J connectivity index is 0.000000925. The van der Waals surface area contributed by atoms with E-state index >= 15 is 0 Å². The molecular formula is C44H42Cl2F5N3O11. The molecule has 0 spiro atoms. The first-order valence-corrected chi connectivity index (χ1v) is 20.9. The Kier molecular flexibility index (Phi) is 16.0. The van der Waals surface area contributed by atoms with Gasteiger partial charge < -0.3 is 39.3 Å². The highest BCUT2D eigenvalue weighted by Gasteiger charge is 2.39. The van der Waals surface area contributed by atoms with Gasteiger partial charge in [0.1, 0.15) is 28.0 Å². The highest BCUT2D eigenvalue weighted by molar-refractivity contribution is 6.35. The second-order valence-electron chi connectivity index (χ2n) is 15.4. The molecule has 4 fully saturated rings. The lowest BCUT2D eigenvalue weighted by Gasteiger charge is -2.44. The van der Waals surface area contributed by atoms with E-state index in [2.05, 4.69) is 10.2 Å². The zero-order chi connectivity index (χ0) is 47.0. The van der Waals surface area contributed by atoms with E-state index in [0.717, 1.165) is 51.2 Å². The number of esters is 2. The second kappa shape index (κ2) is 21.4. The van der Waals surface area contributed by atoms with Crippen LogP contribution in [0.2, 0.25) is 10.0 Å². The average Bonchev–Trinajstić information content (AvgIpc) is 4.11. The minimum Gasteiger partial charge on any atom is -0.619 e. The molecule has 348 valence electrons. The normalized spacial score (nSPS) is 18.6. The first-order chi connectivity index (χ1) is 30.9. The first kappa shape index (κ1) is 48.5. The molecule has 4 aromatic rings. The molecule has 0 radical (unpaired) electrons. The van der Waals surface area contributed by atoms with Crippen LogP contribution in [0.15, 0.2) is 79.1 Å². The molecule has 3 aromatic carbocycles. The van der Waals surface area contributed by atoms with Gasteiger partial charge in [0.25, 0.3) is 5.91 Å². The van der Waals surface area contributed by atoms with Crippen molar-refractivity contribution in [1.82, 2.24) is 10.2 Å². The number of carboxylic acid groups (broad SMARTS) is 1. The van der Waals surface area contributed by atoms with Crippen LogP contribution < -0.4 is 24.3 Å². The molecule has 2 N–H and O–H groups in total. The maximum Gasteiger partial charge on any atom is 0.490 e. The minimum atomic E-state index is -5.08. The molecule has 21 heteroatoms. The van der Waals surface area contributed by atoms with Crippen molar-refractivity contribution >= 4 is 47.0 Å². The number of hydrogen-bond acceptors (Lipinski definition) is 11. The third-order valence-electron chi connectivity index (χ3n) is 10.9. The predicted octanol–water partition coefficient (Wildman–Crippen LogP) is 7.91. The van der Waals surface area contributed by atoms with Crippen molar-refractivity contribution in [3.63, 3.8) is 0 Å². The third-order valence-corrected chi connectivity index (χ3v) is 11.5. The molecule has 1 saturated carbocycles. The van der Waals surface area contributed by atoms with Crippen LogP contribution in [0.5, 0.6) is 17.2 Å². The van der Waals surface area contributed by atoms with Gasteiger partial charge in [-0.15, -0.1) is 0 Å². The highest BCUT2D eigenvalue weighted by atomic mass is 35.5. The van der Waals surface area contributed by atoms with Crippen molar-refractivity contribution in [2.24, 2.45) is 11.8 Å². The number of nitrogens with zero attached hydrogens (tertiary/aromatic N) is 2. The van der Waals surface area contributed by atoms with Gasteiger partial charge in [-0.2, -0.15) is 26.7 Å². The maximum atomic E-state index is 13.9. The Morgan fingerprint density at radius 1 is 0.908 bits per heavy atom. The van der Waals surface area contributed by atoms with Gasteiger partial charge in [0.15, 0.2) is 29.9 Å². The van der Waals surface area contributed by atoms with E-state index in [-0.39, 0.29) is 69.2 Å². The van der Waals surface area contributed by atoms with E-state index in [0.29, 0.717) is 28.2 Å². The van der Waals surface area contributed by atoms with Crippen LogP contribution in [0.3, 0.4) is 0 Å². The summed E-state index contributed by atoms with van der Waals surface area (Å²) in [7, 11) is 1.52. The van der Waals surface area contributed by atoms with Crippen LogP contribution in [-0.4, -0.2) is 86.1 Å². The molecule has 1 aliphatic carbocycles. The molecule has 4 aliphatic rings. The number of ether oxygens (including phenoxy) is 5. The summed E-state index contributed by atoms with van der Waals surface area (Å²) in [4.78, 5) is 52.7. The lowest BCUT2D eigenvalue weighted by Crippen LogP contribution is -2.52. The molecule has 14 nitrogen and oxygen atoms in total. The van der Waals surface area contributed by atoms with Crippen molar-refractivity contribution < 1.29 is 74.7 Å². The van der Waals surface area contributed by atoms with Gasteiger partial charge in [0.2, 0.25) is 0 Å². The Bertz CT molecular complexity index is 2320. The Morgan fingerprint density at radius 2 is 1.54 bits per heavy atom. The summed E-state index contributed by atoms with van der Waals surface area (Å²) in [6.45, 7) is -0.280. The van der Waals surface area contributed by atoms with Crippen molar-refractivity contribution in [2.75, 3.05) is 33.4 Å². The lowest BCUT2D eigenvalue weighted by molar-refractivity contribution is -0.605. The summed E-state index contributed by atoms with van der Waals surface area (Å²) in [6, 6.07) is 15.5. The summed E-state index contributed by atoms with van der Waals surface area (Å²) in [5.41, 5.74) is 1.12. The van der Waals surface area contributed by atoms with Gasteiger partial charge >= 0.3 is 30.7 Å². The number of hydrogen-bond donors (Lipinski definition) is 2. The standard InChI is InChI=1S/C42H41Cl2F2N3O9.C2HF3O2/c1-54-30-10-7-26(8-11-30)38(41(52)57-37-22-48-15-13-25(37)14-16-48)47-39(50)28-3-2-4-29(17-28)40(51)56-35(19-31-32(43)20-49(53)21-33(31)44)27-9-12-34(58-42(45)46)36(18-27)55-23-24-5-6-24;3-2(4,5)1(6)7/h2-4,7-12,17-18,20-21,24-25,35,37-38,42H,5-6,13-16,19,22-23H2,1H3,(H,47,50);(H,6,7)/t35-,37-,38?;/m0./s1. The second-order valence-corrected chi connectivity index (χ2v) is 16.2. The molecule has 3 aliphatic heterocycles. The topological polar surface area (TPSA) is 177 Å². The van der Waals surface area contributed by atoms with E-state index in [1.807, 2.05) is 0 Å². The Labute approximate surface area is 378 Å². The SMILES string of the molecule is COc1ccc(C(NC(=O)c2cccc(C(=O)O[C@@H](Cc3c(Cl)c[n+]([O-])cc3Cl)c3ccc(OC(F)F)c(OCC4CC4)c3)c2)C(=O)O[C@H]2CN3CCC2CC3)cc1.O=C(O)C(F)(F)F. The number of carbonyl (C=O) groups excluding carboxylic acids is 3. The Morgan fingerprint density at radius 3 is 2.11 bits per heavy atom. The lowest BCUT2D eigenvalue weighted by atomic mass is 9.86. The Hall–Kier alpha value is -5.92. The number of nitrogens with one attached hydrogen (secondary N) is 1. The molecule has 2 bridgehead atoms. The molecule has 4 heterocycles. The molecule has 3 atom stereocenters. The zero-order valence-electron chi connectivity index (χ0n) is 34.4. The minimum absolute atomic E-state index is 0.00326. The van der Waals surface area contributed by atoms with Crippen LogP contribution in [-0.2, 0) is 25.5 Å². The smallest absolute Gasteiger partial charge is 0.490 e. The number of aromatic nitrogens is 1. The summed E-state index contributed by atoms with van der Waals surface area (Å²) < 4.78 is 86.7. The van der Waals surface area contributed by atoms with Crippen molar-refractivity contribution in [1.29, 1.82) is 0 Å². The van der Waals surface area contributed by atoms with Gasteiger partial charge in [-0.25, -0.2) is 14.4 Å². The molecule has 8 rings (SSSR count). The van der Waals surface area contributed by atoms with E-state index in [1.54, 1.807) is 24.3 Å². The van der Waals surface area contributed by atoms with Crippen LogP contribution in [0, 0.1) is 17.0 Å². The van der Waals surface area contributed by atoms with Gasteiger partial charge in [-0.1, -0.05) is 47.5 Å². The number of benzene rings is 3. The van der Waals surface area contributed by atoms with Gasteiger partial charge in [0.05, 0.1) is 19.3 Å². The average molecular weight is 955 g/mol. The maximum absolute atomic E-state index is 13.9. The van der Waals surface area contributed by atoms with Crippen molar-refractivity contribution in [2.45, 2.75) is 63.1 Å². The van der Waals surface area contributed by atoms with Gasteiger partial charge in [0, 0.05) is 24.1 Å². The summed E-state index contributed by atoms with van der Waals surface area (Å²) in [5.74, 6) is -3.97. The number of carboxylic acids is 1. The number of piperidine rings is 3. The molecule has 1 amide bonds. The van der Waals surface area contributed by atoms with Crippen LogP contribution in [0.4, 0.5) is 22.0 Å². The van der Waals surface area contributed by atoms with Crippen molar-refractivity contribution in [3.8, 4) is 17.2 Å². The largest absolute Gasteiger partial charge is 0.619 e. The molecule has 1 aromatic heterocycles. The van der Waals surface area contributed by atoms with Crippen LogP contribution in [0.25, 0.3) is 0 Å². The predicted molar refractivity (Wildman–Crippen MR) is 221 cm³/mol. The van der Waals surface area contributed by atoms with Crippen LogP contribution in [0.1, 0.15) is 75.2 Å². The number of fused-ring (bicyclic) bond motifs is 3. The number of amides is 1. The monoisotopic (exact) mass is 953 g/mol. The number of pyridine rings is 1. The summed E-state index contributed by atoms with van der Waals surface area (Å²) >= 11 is 12.8. The number of alkyl halides is 5. The number of methoxy groups -OCH3 is 1. The molecular weight excluding hydrogens is 912 g/mol. The molecule has 1 unspecified atom stereocenters. The highest BCUT2D eigenvalue weighted by Crippen LogP contribution is 2.38. The fourth-order valence-corrected chi connectivity index (χ4v) is 7.80. The summed E-state index contributed by atoms with van der Waals surface area (Å²) in [5, 5.41) is 21.9. The van der Waals surface area contributed by atoms with E-state index in [4.69, 9.17) is 56.8 Å². The number of halogens is 7. The van der Waals surface area contributed by atoms with Crippen molar-refractivity contribution in [3.05, 3.63) is 122 Å². The van der Waals surface area contributed by atoms with E-state index < -0.39 is 48.7 Å². The van der Waals surface area contributed by atoms with Crippen LogP contribution >= 0.6 is 23.2 Å². The zero-order valence-corrected chi connectivity index (χ0v) is 35.9. The third kappa shape index (κ3) is 13.3. The number of aliphatic carboxylic acids is 1. The number of rotatable bonds is 16. The number of carbonyl (C=O) groups is 4. The van der Waals surface area contributed by atoms with E-state index in [9.17, 15) is 41.5 Å². The fraction of sp³-hybridized carbons (Fsp3) is 0.386. The molecule has 65 heavy (non-hydrogen) atoms. The molecule has 3 saturated heterocycles. The fourth-order valence-electron chi connectivity index (χ4n) is 7.20. The van der Waals surface area contributed by atoms with E-state index in [1.165, 1.54) is 49.6 Å². The first-order valence-electron chi connectivity index (χ1n) is 20.2. The quantitative estimate of drug-likeness (QED) is 0.0481. The van der Waals surface area contributed by atoms with Gasteiger partial charge in [-0.3, -0.25) is 9.69 Å². The summed E-state index contributed by atoms with van der Waals surface area (Å²) in [6.07, 6.45) is -0.716. The van der Waals surface area contributed by atoms with Gasteiger partial charge in [-0.05, 0) is 104 Å².